The number of rotatable bonds is 10. The fraction of sp³-hybridized carbons (Fsp3) is 0.400. The summed E-state index contributed by atoms with van der Waals surface area (Å²) < 4.78 is 36.0. The van der Waals surface area contributed by atoms with Crippen molar-refractivity contribution in [2.24, 2.45) is 0 Å². The summed E-state index contributed by atoms with van der Waals surface area (Å²) in [6.45, 7) is 13.8. The van der Waals surface area contributed by atoms with Crippen LogP contribution in [0.25, 0.3) is 22.4 Å². The van der Waals surface area contributed by atoms with Crippen LogP contribution in [-0.2, 0) is 25.5 Å². The molecule has 254 valence electrons. The lowest BCUT2D eigenvalue weighted by Crippen LogP contribution is -2.46. The van der Waals surface area contributed by atoms with Gasteiger partial charge in [-0.2, -0.15) is 0 Å². The molecule has 4 aromatic rings. The Kier molecular flexibility index (Phi) is 10.6. The third-order valence-electron chi connectivity index (χ3n) is 8.22. The molecule has 0 bridgehead atoms. The van der Waals surface area contributed by atoms with E-state index in [2.05, 4.69) is 23.7 Å². The zero-order valence-electron chi connectivity index (χ0n) is 29.0. The number of amides is 1. The average molecular weight is 655 g/mol. The van der Waals surface area contributed by atoms with Crippen LogP contribution in [0, 0.1) is 5.82 Å². The summed E-state index contributed by atoms with van der Waals surface area (Å²) in [4.78, 5) is 27.1. The SMILES string of the molecule is CC(C)c1c(C(=O)Nc2ccccc2)c(-c2ccccc2)c(-c2ccccc2F)n1CCC1CC(CC(=O)OC(C)(C)C)OC(C)(C)O1. The van der Waals surface area contributed by atoms with E-state index in [1.54, 1.807) is 12.1 Å². The molecule has 2 heterocycles. The van der Waals surface area contributed by atoms with Gasteiger partial charge in [0.15, 0.2) is 5.79 Å². The van der Waals surface area contributed by atoms with E-state index in [4.69, 9.17) is 14.2 Å². The highest BCUT2D eigenvalue weighted by molar-refractivity contribution is 6.12. The lowest BCUT2D eigenvalue weighted by Gasteiger charge is -2.41. The molecule has 3 aromatic carbocycles. The van der Waals surface area contributed by atoms with Crippen molar-refractivity contribution in [2.45, 2.75) is 104 Å². The van der Waals surface area contributed by atoms with Crippen LogP contribution in [0.1, 0.15) is 89.7 Å². The van der Waals surface area contributed by atoms with Crippen molar-refractivity contribution in [2.75, 3.05) is 5.32 Å². The van der Waals surface area contributed by atoms with Gasteiger partial charge < -0.3 is 24.1 Å². The maximum atomic E-state index is 15.8. The summed E-state index contributed by atoms with van der Waals surface area (Å²) in [6, 6.07) is 25.7. The fourth-order valence-electron chi connectivity index (χ4n) is 6.60. The first-order chi connectivity index (χ1) is 22.7. The predicted octanol–water partition coefficient (Wildman–Crippen LogP) is 9.37. The minimum atomic E-state index is -0.919. The van der Waals surface area contributed by atoms with Crippen LogP contribution < -0.4 is 5.32 Å². The van der Waals surface area contributed by atoms with Gasteiger partial charge in [-0.25, -0.2) is 4.39 Å². The summed E-state index contributed by atoms with van der Waals surface area (Å²) in [6.07, 6.45) is 0.494. The summed E-state index contributed by atoms with van der Waals surface area (Å²) >= 11 is 0. The van der Waals surface area contributed by atoms with Crippen molar-refractivity contribution in [1.82, 2.24) is 4.57 Å². The Morgan fingerprint density at radius 1 is 0.938 bits per heavy atom. The van der Waals surface area contributed by atoms with Gasteiger partial charge in [-0.15, -0.1) is 0 Å². The molecule has 1 aliphatic heterocycles. The number of halogens is 1. The number of benzene rings is 3. The maximum Gasteiger partial charge on any atom is 0.308 e. The van der Waals surface area contributed by atoms with Gasteiger partial charge >= 0.3 is 5.97 Å². The second-order valence-electron chi connectivity index (χ2n) is 14.2. The number of carbonyl (C=O) groups excluding carboxylic acids is 2. The number of nitrogens with zero attached hydrogens (tertiary/aromatic N) is 1. The highest BCUT2D eigenvalue weighted by atomic mass is 19.1. The molecule has 0 radical (unpaired) electrons. The van der Waals surface area contributed by atoms with Gasteiger partial charge in [0.05, 0.1) is 29.9 Å². The van der Waals surface area contributed by atoms with E-state index in [-0.39, 0.29) is 42.2 Å². The third-order valence-corrected chi connectivity index (χ3v) is 8.22. The number of hydrogen-bond donors (Lipinski definition) is 1. The quantitative estimate of drug-likeness (QED) is 0.172. The van der Waals surface area contributed by atoms with Gasteiger partial charge in [0.1, 0.15) is 11.4 Å². The van der Waals surface area contributed by atoms with Gasteiger partial charge in [0.2, 0.25) is 0 Å². The smallest absolute Gasteiger partial charge is 0.308 e. The highest BCUT2D eigenvalue weighted by Crippen LogP contribution is 2.43. The molecule has 1 fully saturated rings. The first-order valence-electron chi connectivity index (χ1n) is 16.7. The Bertz CT molecular complexity index is 1720. The van der Waals surface area contributed by atoms with Crippen LogP contribution in [0.2, 0.25) is 0 Å². The standard InChI is InChI=1S/C40H47FN2O5/c1-26(2)36-35(38(45)42-28-18-12-9-13-19-28)34(27-16-10-8-11-17-27)37(31-20-14-15-21-32(31)41)43(36)23-22-29-24-30(47-40(6,7)46-29)25-33(44)48-39(3,4)5/h8-21,26,29-30H,22-25H2,1-7H3,(H,42,45). The molecule has 1 saturated heterocycles. The molecular weight excluding hydrogens is 607 g/mol. The van der Waals surface area contributed by atoms with Crippen LogP contribution in [0.5, 0.6) is 0 Å². The number of esters is 1. The molecule has 0 aliphatic carbocycles. The summed E-state index contributed by atoms with van der Waals surface area (Å²) in [5.74, 6) is -1.96. The molecule has 1 N–H and O–H groups in total. The van der Waals surface area contributed by atoms with Gasteiger partial charge in [-0.1, -0.05) is 74.5 Å². The molecule has 1 aliphatic rings. The van der Waals surface area contributed by atoms with Crippen LogP contribution in [0.3, 0.4) is 0 Å². The van der Waals surface area contributed by atoms with Gasteiger partial charge in [0, 0.05) is 35.5 Å². The lowest BCUT2D eigenvalue weighted by molar-refractivity contribution is -0.301. The average Bonchev–Trinajstić information content (AvgIpc) is 3.35. The third kappa shape index (κ3) is 8.41. The van der Waals surface area contributed by atoms with Crippen molar-refractivity contribution >= 4 is 17.6 Å². The first-order valence-corrected chi connectivity index (χ1v) is 16.7. The Morgan fingerprint density at radius 3 is 2.17 bits per heavy atom. The molecule has 2 atom stereocenters. The Labute approximate surface area is 283 Å². The number of anilines is 1. The molecule has 7 nitrogen and oxygen atoms in total. The van der Waals surface area contributed by atoms with Crippen molar-refractivity contribution in [3.8, 4) is 22.4 Å². The Balaban J connectivity index is 1.60. The fourth-order valence-corrected chi connectivity index (χ4v) is 6.60. The van der Waals surface area contributed by atoms with Crippen molar-refractivity contribution in [1.29, 1.82) is 0 Å². The highest BCUT2D eigenvalue weighted by Gasteiger charge is 2.38. The summed E-state index contributed by atoms with van der Waals surface area (Å²) in [5.41, 5.74) is 3.93. The Morgan fingerprint density at radius 2 is 1.54 bits per heavy atom. The van der Waals surface area contributed by atoms with Crippen molar-refractivity contribution in [3.05, 3.63) is 102 Å². The van der Waals surface area contributed by atoms with Crippen molar-refractivity contribution < 1.29 is 28.2 Å². The van der Waals surface area contributed by atoms with Gasteiger partial charge in [-0.05, 0) is 76.8 Å². The van der Waals surface area contributed by atoms with Crippen LogP contribution in [-0.4, -0.2) is 40.0 Å². The second-order valence-corrected chi connectivity index (χ2v) is 14.2. The predicted molar refractivity (Wildman–Crippen MR) is 187 cm³/mol. The number of hydrogen-bond acceptors (Lipinski definition) is 5. The molecule has 2 unspecified atom stereocenters. The van der Waals surface area contributed by atoms with E-state index in [0.717, 1.165) is 11.3 Å². The largest absolute Gasteiger partial charge is 0.460 e. The van der Waals surface area contributed by atoms with E-state index in [0.29, 0.717) is 47.5 Å². The van der Waals surface area contributed by atoms with E-state index >= 15 is 4.39 Å². The van der Waals surface area contributed by atoms with E-state index in [1.165, 1.54) is 6.07 Å². The zero-order chi connectivity index (χ0) is 34.6. The van der Waals surface area contributed by atoms with E-state index in [1.807, 2.05) is 101 Å². The molecule has 1 amide bonds. The van der Waals surface area contributed by atoms with Gasteiger partial charge in [0.25, 0.3) is 5.91 Å². The molecule has 5 rings (SSSR count). The molecular formula is C40H47FN2O5. The number of aromatic nitrogens is 1. The summed E-state index contributed by atoms with van der Waals surface area (Å²) in [7, 11) is 0. The van der Waals surface area contributed by atoms with Crippen LogP contribution in [0.15, 0.2) is 84.9 Å². The molecule has 0 saturated carbocycles. The number of nitrogens with one attached hydrogen (secondary N) is 1. The minimum absolute atomic E-state index is 0.0866. The lowest BCUT2D eigenvalue weighted by atomic mass is 9.94. The summed E-state index contributed by atoms with van der Waals surface area (Å²) in [5, 5.41) is 3.10. The molecule has 0 spiro atoms. The van der Waals surface area contributed by atoms with E-state index < -0.39 is 11.4 Å². The molecule has 1 aromatic heterocycles. The maximum absolute atomic E-state index is 15.8. The topological polar surface area (TPSA) is 78.8 Å². The minimum Gasteiger partial charge on any atom is -0.460 e. The van der Waals surface area contributed by atoms with Crippen LogP contribution in [0.4, 0.5) is 10.1 Å². The zero-order valence-corrected chi connectivity index (χ0v) is 29.0. The molecule has 48 heavy (non-hydrogen) atoms. The van der Waals surface area contributed by atoms with Gasteiger partial charge in [-0.3, -0.25) is 9.59 Å². The number of carbonyl (C=O) groups is 2. The number of ether oxygens (including phenoxy) is 3. The number of para-hydroxylation sites is 1. The first kappa shape index (κ1) is 35.0. The van der Waals surface area contributed by atoms with E-state index in [9.17, 15) is 9.59 Å². The molecule has 8 heteroatoms. The van der Waals surface area contributed by atoms with Crippen LogP contribution >= 0.6 is 0 Å². The Hall–Kier alpha value is -4.27. The normalized spacial score (nSPS) is 17.7. The second kappa shape index (κ2) is 14.5. The van der Waals surface area contributed by atoms with Crippen molar-refractivity contribution in [3.63, 3.8) is 0 Å². The monoisotopic (exact) mass is 654 g/mol.